The molecular formula is C24H26ClN9O2. The highest BCUT2D eigenvalue weighted by Gasteiger charge is 2.21. The van der Waals surface area contributed by atoms with Crippen molar-refractivity contribution in [1.29, 1.82) is 0 Å². The lowest BCUT2D eigenvalue weighted by molar-refractivity contribution is 0.122. The molecule has 2 aliphatic heterocycles. The van der Waals surface area contributed by atoms with E-state index in [-0.39, 0.29) is 5.75 Å². The van der Waals surface area contributed by atoms with Crippen molar-refractivity contribution in [2.45, 2.75) is 12.8 Å². The number of aromatic hydroxyl groups is 1. The normalized spacial score (nSPS) is 16.4. The van der Waals surface area contributed by atoms with Gasteiger partial charge in [0.15, 0.2) is 0 Å². The molecule has 0 amide bonds. The maximum absolute atomic E-state index is 10.3. The number of phenolic OH excluding ortho intramolecular Hbond substituents is 1. The number of morpholine rings is 1. The van der Waals surface area contributed by atoms with Crippen LogP contribution in [-0.2, 0) is 4.74 Å². The van der Waals surface area contributed by atoms with Crippen molar-refractivity contribution in [3.05, 3.63) is 53.1 Å². The minimum atomic E-state index is 0.0599. The first-order valence-electron chi connectivity index (χ1n) is 11.8. The summed E-state index contributed by atoms with van der Waals surface area (Å²) in [6.45, 7) is 4.54. The molecule has 0 atom stereocenters. The van der Waals surface area contributed by atoms with Crippen LogP contribution < -0.4 is 15.2 Å². The van der Waals surface area contributed by atoms with E-state index >= 15 is 0 Å². The maximum atomic E-state index is 10.3. The average Bonchev–Trinajstić information content (AvgIpc) is 3.45. The summed E-state index contributed by atoms with van der Waals surface area (Å²) >= 11 is 6.00. The van der Waals surface area contributed by atoms with Gasteiger partial charge in [-0.1, -0.05) is 17.7 Å². The Kier molecular flexibility index (Phi) is 7.48. The predicted octanol–water partition coefficient (Wildman–Crippen LogP) is 4.53. The molecule has 11 nitrogen and oxygen atoms in total. The smallest absolute Gasteiger partial charge is 0.250 e. The minimum Gasteiger partial charge on any atom is -0.507 e. The van der Waals surface area contributed by atoms with Gasteiger partial charge < -0.3 is 19.6 Å². The summed E-state index contributed by atoms with van der Waals surface area (Å²) < 4.78 is 5.46. The number of hydrogen-bond donors (Lipinski definition) is 2. The van der Waals surface area contributed by atoms with E-state index in [1.807, 2.05) is 0 Å². The quantitative estimate of drug-likeness (QED) is 0.271. The number of azo groups is 1. The SMILES string of the molecule is Oc1ccc(N=Nc2cccc(Cl)c2)cc1/C=N/Nc1nc(N2CCCC2)nc(N2CCOCC2)n1. The van der Waals surface area contributed by atoms with E-state index in [4.69, 9.17) is 21.3 Å². The van der Waals surface area contributed by atoms with E-state index in [0.717, 1.165) is 39.0 Å². The zero-order valence-electron chi connectivity index (χ0n) is 19.6. The summed E-state index contributed by atoms with van der Waals surface area (Å²) in [5, 5.41) is 23.5. The molecule has 3 heterocycles. The Morgan fingerprint density at radius 1 is 0.889 bits per heavy atom. The van der Waals surface area contributed by atoms with Gasteiger partial charge in [0.25, 0.3) is 0 Å². The fraction of sp³-hybridized carbons (Fsp3) is 0.333. The van der Waals surface area contributed by atoms with Gasteiger partial charge in [-0.2, -0.15) is 30.3 Å². The number of nitrogens with zero attached hydrogens (tertiary/aromatic N) is 8. The van der Waals surface area contributed by atoms with Gasteiger partial charge in [0, 0.05) is 36.8 Å². The van der Waals surface area contributed by atoms with Crippen LogP contribution in [0.2, 0.25) is 5.02 Å². The highest BCUT2D eigenvalue weighted by atomic mass is 35.5. The predicted molar refractivity (Wildman–Crippen MR) is 139 cm³/mol. The molecule has 0 radical (unpaired) electrons. The Morgan fingerprint density at radius 2 is 1.58 bits per heavy atom. The lowest BCUT2D eigenvalue weighted by Crippen LogP contribution is -2.38. The number of hydrogen-bond acceptors (Lipinski definition) is 11. The monoisotopic (exact) mass is 507 g/mol. The van der Waals surface area contributed by atoms with Crippen LogP contribution in [0.15, 0.2) is 57.8 Å². The number of nitrogens with one attached hydrogen (secondary N) is 1. The third-order valence-corrected chi connectivity index (χ3v) is 6.00. The second-order valence-electron chi connectivity index (χ2n) is 8.35. The summed E-state index contributed by atoms with van der Waals surface area (Å²) in [5.74, 6) is 1.62. The van der Waals surface area contributed by atoms with Gasteiger partial charge >= 0.3 is 0 Å². The summed E-state index contributed by atoms with van der Waals surface area (Å²) in [4.78, 5) is 18.1. The summed E-state index contributed by atoms with van der Waals surface area (Å²) in [7, 11) is 0. The first kappa shape index (κ1) is 23.9. The highest BCUT2D eigenvalue weighted by Crippen LogP contribution is 2.26. The first-order valence-corrected chi connectivity index (χ1v) is 12.1. The highest BCUT2D eigenvalue weighted by molar-refractivity contribution is 6.30. The Labute approximate surface area is 213 Å². The van der Waals surface area contributed by atoms with E-state index < -0.39 is 0 Å². The van der Waals surface area contributed by atoms with Crippen LogP contribution in [0.5, 0.6) is 5.75 Å². The fourth-order valence-electron chi connectivity index (χ4n) is 3.89. The number of phenols is 1. The van der Waals surface area contributed by atoms with E-state index in [0.29, 0.717) is 53.0 Å². The zero-order chi connectivity index (χ0) is 24.7. The van der Waals surface area contributed by atoms with Gasteiger partial charge in [-0.25, -0.2) is 5.43 Å². The fourth-order valence-corrected chi connectivity index (χ4v) is 4.07. The summed E-state index contributed by atoms with van der Waals surface area (Å²) in [5.41, 5.74) is 4.54. The molecule has 2 fully saturated rings. The van der Waals surface area contributed by atoms with Gasteiger partial charge in [-0.3, -0.25) is 0 Å². The van der Waals surface area contributed by atoms with Crippen LogP contribution in [0.1, 0.15) is 18.4 Å². The van der Waals surface area contributed by atoms with Crippen molar-refractivity contribution < 1.29 is 9.84 Å². The van der Waals surface area contributed by atoms with Crippen LogP contribution >= 0.6 is 11.6 Å². The van der Waals surface area contributed by atoms with Crippen molar-refractivity contribution in [1.82, 2.24) is 15.0 Å². The molecule has 0 saturated carbocycles. The number of halogens is 1. The van der Waals surface area contributed by atoms with Gasteiger partial charge in [-0.05, 0) is 49.2 Å². The Morgan fingerprint density at radius 3 is 2.31 bits per heavy atom. The van der Waals surface area contributed by atoms with Crippen molar-refractivity contribution >= 4 is 47.0 Å². The molecule has 1 aromatic heterocycles. The Balaban J connectivity index is 1.33. The van der Waals surface area contributed by atoms with Gasteiger partial charge in [0.2, 0.25) is 17.8 Å². The molecule has 2 saturated heterocycles. The number of ether oxygens (including phenoxy) is 1. The minimum absolute atomic E-state index is 0.0599. The number of aromatic nitrogens is 3. The molecule has 36 heavy (non-hydrogen) atoms. The second kappa shape index (κ2) is 11.3. The van der Waals surface area contributed by atoms with Crippen LogP contribution in [0.3, 0.4) is 0 Å². The standard InChI is InChI=1S/C24H26ClN9O2/c25-18-4-3-5-19(15-18)30-31-20-6-7-21(35)17(14-20)16-26-32-22-27-23(33-8-1-2-9-33)29-24(28-22)34-10-12-36-13-11-34/h3-7,14-16,35H,1-2,8-13H2,(H,27,28,29,32)/b26-16+,31-30?. The van der Waals surface area contributed by atoms with E-state index in [9.17, 15) is 5.11 Å². The van der Waals surface area contributed by atoms with Crippen LogP contribution in [0.4, 0.5) is 29.2 Å². The van der Waals surface area contributed by atoms with Crippen molar-refractivity contribution in [3.63, 3.8) is 0 Å². The van der Waals surface area contributed by atoms with E-state index in [2.05, 4.69) is 40.5 Å². The van der Waals surface area contributed by atoms with Crippen molar-refractivity contribution in [2.24, 2.45) is 15.3 Å². The van der Waals surface area contributed by atoms with Gasteiger partial charge in [-0.15, -0.1) is 0 Å². The Hall–Kier alpha value is -3.83. The van der Waals surface area contributed by atoms with Gasteiger partial charge in [0.1, 0.15) is 5.75 Å². The molecule has 3 aromatic rings. The molecule has 0 spiro atoms. The third kappa shape index (κ3) is 6.04. The maximum Gasteiger partial charge on any atom is 0.250 e. The summed E-state index contributed by atoms with van der Waals surface area (Å²) in [6.07, 6.45) is 3.72. The van der Waals surface area contributed by atoms with Crippen LogP contribution in [0, 0.1) is 0 Å². The second-order valence-corrected chi connectivity index (χ2v) is 8.78. The number of benzene rings is 2. The van der Waals surface area contributed by atoms with Crippen LogP contribution in [0.25, 0.3) is 0 Å². The number of rotatable bonds is 7. The lowest BCUT2D eigenvalue weighted by atomic mass is 10.2. The van der Waals surface area contributed by atoms with Crippen LogP contribution in [-0.4, -0.2) is 65.7 Å². The topological polar surface area (TPSA) is 124 Å². The first-order chi connectivity index (χ1) is 17.6. The van der Waals surface area contributed by atoms with E-state index in [1.165, 1.54) is 6.21 Å². The molecule has 12 heteroatoms. The molecular weight excluding hydrogens is 482 g/mol. The lowest BCUT2D eigenvalue weighted by Gasteiger charge is -2.27. The molecule has 0 unspecified atom stereocenters. The molecule has 2 aliphatic rings. The molecule has 2 N–H and O–H groups in total. The number of anilines is 3. The molecule has 2 aromatic carbocycles. The molecule has 186 valence electrons. The molecule has 0 aliphatic carbocycles. The van der Waals surface area contributed by atoms with Crippen molar-refractivity contribution in [2.75, 3.05) is 54.6 Å². The largest absolute Gasteiger partial charge is 0.507 e. The molecule has 0 bridgehead atoms. The zero-order valence-corrected chi connectivity index (χ0v) is 20.3. The third-order valence-electron chi connectivity index (χ3n) is 5.76. The van der Waals surface area contributed by atoms with Gasteiger partial charge in [0.05, 0.1) is 30.8 Å². The average molecular weight is 508 g/mol. The van der Waals surface area contributed by atoms with Crippen molar-refractivity contribution in [3.8, 4) is 5.75 Å². The summed E-state index contributed by atoms with van der Waals surface area (Å²) in [6, 6.07) is 12.0. The van der Waals surface area contributed by atoms with E-state index in [1.54, 1.807) is 42.5 Å². The molecule has 5 rings (SSSR count). The Bertz CT molecular complexity index is 1260. The number of hydrazone groups is 1.